The monoisotopic (exact) mass is 254 g/mol. The fraction of sp³-hybridized carbons (Fsp3) is 0.417. The lowest BCUT2D eigenvalue weighted by Gasteiger charge is -2.28. The molecule has 0 aromatic heterocycles. The fourth-order valence-corrected chi connectivity index (χ4v) is 4.70. The first kappa shape index (κ1) is 11.9. The molecule has 2 atom stereocenters. The van der Waals surface area contributed by atoms with Crippen molar-refractivity contribution in [1.29, 1.82) is 0 Å². The van der Waals surface area contributed by atoms with Gasteiger partial charge in [0.2, 0.25) is 0 Å². The van der Waals surface area contributed by atoms with E-state index in [1.54, 1.807) is 11.8 Å². The normalized spacial score (nSPS) is 25.1. The van der Waals surface area contributed by atoms with Gasteiger partial charge in [0, 0.05) is 11.5 Å². The molecule has 86 valence electrons. The maximum absolute atomic E-state index is 11.7. The van der Waals surface area contributed by atoms with Gasteiger partial charge in [0.05, 0.1) is 12.4 Å². The molecule has 1 aliphatic rings. The molecule has 1 heterocycles. The smallest absolute Gasteiger partial charge is 0.320 e. The second-order valence-electron chi connectivity index (χ2n) is 3.52. The van der Waals surface area contributed by atoms with E-state index in [0.29, 0.717) is 0 Å². The van der Waals surface area contributed by atoms with E-state index < -0.39 is 0 Å². The lowest BCUT2D eigenvalue weighted by Crippen LogP contribution is -2.28. The second-order valence-corrected chi connectivity index (χ2v) is 6.02. The fourth-order valence-electron chi connectivity index (χ4n) is 1.75. The Hall–Kier alpha value is -0.610. The van der Waals surface area contributed by atoms with Gasteiger partial charge in [-0.25, -0.2) is 0 Å². The van der Waals surface area contributed by atoms with Gasteiger partial charge in [-0.05, 0) is 5.56 Å². The Kier molecular flexibility index (Phi) is 4.18. The number of carbonyl (C=O) groups excluding carboxylic acids is 1. The molecule has 2 rings (SSSR count). The maximum Gasteiger partial charge on any atom is 0.320 e. The molecule has 0 amide bonds. The van der Waals surface area contributed by atoms with Crippen LogP contribution < -0.4 is 0 Å². The molecule has 4 heteroatoms. The molecule has 0 N–H and O–H groups in total. The highest BCUT2D eigenvalue weighted by Crippen LogP contribution is 2.42. The Morgan fingerprint density at radius 2 is 1.94 bits per heavy atom. The number of rotatable bonds is 2. The van der Waals surface area contributed by atoms with Crippen LogP contribution in [0.2, 0.25) is 0 Å². The van der Waals surface area contributed by atoms with Crippen molar-refractivity contribution in [3.05, 3.63) is 35.9 Å². The summed E-state index contributed by atoms with van der Waals surface area (Å²) in [6.45, 7) is 0. The number of methoxy groups -OCH3 is 1. The molecule has 0 spiro atoms. The Balaban J connectivity index is 2.20. The number of esters is 1. The van der Waals surface area contributed by atoms with Crippen LogP contribution in [0, 0.1) is 0 Å². The van der Waals surface area contributed by atoms with Gasteiger partial charge in [-0.1, -0.05) is 30.3 Å². The highest BCUT2D eigenvalue weighted by atomic mass is 32.2. The summed E-state index contributed by atoms with van der Waals surface area (Å²) < 4.78 is 4.87. The van der Waals surface area contributed by atoms with Gasteiger partial charge in [0.15, 0.2) is 0 Å². The number of carbonyl (C=O) groups is 1. The maximum atomic E-state index is 11.7. The van der Waals surface area contributed by atoms with Crippen LogP contribution >= 0.6 is 23.5 Å². The summed E-state index contributed by atoms with van der Waals surface area (Å²) in [5.74, 6) is 2.01. The Morgan fingerprint density at radius 1 is 1.25 bits per heavy atom. The summed E-state index contributed by atoms with van der Waals surface area (Å²) in [5.41, 5.74) is 1.22. The van der Waals surface area contributed by atoms with Gasteiger partial charge < -0.3 is 4.74 Å². The van der Waals surface area contributed by atoms with Crippen LogP contribution in [0.4, 0.5) is 0 Å². The summed E-state index contributed by atoms with van der Waals surface area (Å²) in [7, 11) is 1.46. The van der Waals surface area contributed by atoms with Crippen molar-refractivity contribution in [3.8, 4) is 0 Å². The third kappa shape index (κ3) is 2.55. The summed E-state index contributed by atoms with van der Waals surface area (Å²) in [6, 6.07) is 10.2. The van der Waals surface area contributed by atoms with E-state index >= 15 is 0 Å². The Labute approximate surface area is 104 Å². The van der Waals surface area contributed by atoms with Crippen LogP contribution in [0.5, 0.6) is 0 Å². The van der Waals surface area contributed by atoms with Crippen LogP contribution in [-0.2, 0) is 9.53 Å². The number of hydrogen-bond acceptors (Lipinski definition) is 4. The summed E-state index contributed by atoms with van der Waals surface area (Å²) in [5, 5.41) is 0.165. The molecule has 1 aromatic carbocycles. The quantitative estimate of drug-likeness (QED) is 0.758. The van der Waals surface area contributed by atoms with Crippen LogP contribution in [0.25, 0.3) is 0 Å². The standard InChI is InChI=1S/C12H14O2S2/c1-14-12(13)11-10(15-7-8-16-11)9-5-3-2-4-6-9/h2-6,10-11H,7-8H2,1H3/t10-,11+/m1/s1. The van der Waals surface area contributed by atoms with Gasteiger partial charge in [-0.3, -0.25) is 4.79 Å². The van der Waals surface area contributed by atoms with Crippen molar-refractivity contribution in [2.45, 2.75) is 10.5 Å². The number of ether oxygens (including phenoxy) is 1. The van der Waals surface area contributed by atoms with Crippen molar-refractivity contribution in [1.82, 2.24) is 0 Å². The average Bonchev–Trinajstić information content (AvgIpc) is 2.39. The van der Waals surface area contributed by atoms with Crippen molar-refractivity contribution in [2.75, 3.05) is 18.6 Å². The molecule has 2 nitrogen and oxygen atoms in total. The SMILES string of the molecule is COC(=O)[C@H]1SCCS[C@@H]1c1ccccc1. The summed E-state index contributed by atoms with van der Waals surface area (Å²) in [6.07, 6.45) is 0. The Morgan fingerprint density at radius 3 is 2.62 bits per heavy atom. The first-order valence-corrected chi connectivity index (χ1v) is 7.28. The largest absolute Gasteiger partial charge is 0.468 e. The zero-order valence-electron chi connectivity index (χ0n) is 9.09. The second kappa shape index (κ2) is 5.64. The van der Waals surface area contributed by atoms with Gasteiger partial charge in [-0.2, -0.15) is 11.8 Å². The van der Waals surface area contributed by atoms with E-state index in [-0.39, 0.29) is 16.5 Å². The van der Waals surface area contributed by atoms with E-state index in [1.807, 2.05) is 30.0 Å². The summed E-state index contributed by atoms with van der Waals surface area (Å²) in [4.78, 5) is 11.7. The molecule has 1 aliphatic heterocycles. The van der Waals surface area contributed by atoms with Gasteiger partial charge >= 0.3 is 5.97 Å². The molecule has 0 bridgehead atoms. The lowest BCUT2D eigenvalue weighted by molar-refractivity contribution is -0.140. The highest BCUT2D eigenvalue weighted by Gasteiger charge is 2.33. The average molecular weight is 254 g/mol. The summed E-state index contributed by atoms with van der Waals surface area (Å²) >= 11 is 3.55. The van der Waals surface area contributed by atoms with Crippen LogP contribution in [0.15, 0.2) is 30.3 Å². The van der Waals surface area contributed by atoms with E-state index in [9.17, 15) is 4.79 Å². The van der Waals surface area contributed by atoms with E-state index in [1.165, 1.54) is 12.7 Å². The molecular formula is C12H14O2S2. The number of thioether (sulfide) groups is 2. The highest BCUT2D eigenvalue weighted by molar-refractivity contribution is 8.07. The van der Waals surface area contributed by atoms with Gasteiger partial charge in [0.1, 0.15) is 5.25 Å². The van der Waals surface area contributed by atoms with E-state index in [2.05, 4.69) is 12.1 Å². The van der Waals surface area contributed by atoms with Gasteiger partial charge in [0.25, 0.3) is 0 Å². The first-order valence-electron chi connectivity index (χ1n) is 5.19. The molecule has 0 saturated carbocycles. The van der Waals surface area contributed by atoms with Crippen molar-refractivity contribution < 1.29 is 9.53 Å². The van der Waals surface area contributed by atoms with E-state index in [0.717, 1.165) is 11.5 Å². The van der Waals surface area contributed by atoms with Crippen molar-refractivity contribution >= 4 is 29.5 Å². The first-order chi connectivity index (χ1) is 7.83. The Bertz CT molecular complexity index is 353. The van der Waals surface area contributed by atoms with Crippen LogP contribution in [-0.4, -0.2) is 29.8 Å². The van der Waals surface area contributed by atoms with E-state index in [4.69, 9.17) is 4.74 Å². The minimum atomic E-state index is -0.106. The predicted molar refractivity (Wildman–Crippen MR) is 69.9 cm³/mol. The van der Waals surface area contributed by atoms with Crippen molar-refractivity contribution in [3.63, 3.8) is 0 Å². The van der Waals surface area contributed by atoms with Crippen LogP contribution in [0.1, 0.15) is 10.8 Å². The minimum Gasteiger partial charge on any atom is -0.468 e. The molecule has 0 radical (unpaired) electrons. The van der Waals surface area contributed by atoms with Crippen LogP contribution in [0.3, 0.4) is 0 Å². The molecule has 0 aliphatic carbocycles. The molecule has 1 fully saturated rings. The predicted octanol–water partition coefficient (Wildman–Crippen LogP) is 2.75. The zero-order valence-corrected chi connectivity index (χ0v) is 10.7. The lowest BCUT2D eigenvalue weighted by atomic mass is 10.1. The molecule has 1 saturated heterocycles. The number of hydrogen-bond donors (Lipinski definition) is 0. The molecule has 1 aromatic rings. The third-order valence-corrected chi connectivity index (χ3v) is 5.55. The third-order valence-electron chi connectivity index (χ3n) is 2.51. The molecular weight excluding hydrogens is 240 g/mol. The van der Waals surface area contributed by atoms with Crippen molar-refractivity contribution in [2.24, 2.45) is 0 Å². The minimum absolute atomic E-state index is 0.0638. The zero-order chi connectivity index (χ0) is 11.4. The van der Waals surface area contributed by atoms with Gasteiger partial charge in [-0.15, -0.1) is 11.8 Å². The topological polar surface area (TPSA) is 26.3 Å². The molecule has 0 unspecified atom stereocenters. The molecule has 16 heavy (non-hydrogen) atoms. The number of benzene rings is 1.